The highest BCUT2D eigenvalue weighted by Gasteiger charge is 2.35. The number of fused-ring (bicyclic) bond motifs is 1. The first-order valence-electron chi connectivity index (χ1n) is 14.2. The molecular formula is C33H28N4O7S2. The third-order valence-corrected chi connectivity index (χ3v) is 8.81. The number of benzene rings is 2. The Morgan fingerprint density at radius 2 is 1.85 bits per heavy atom. The van der Waals surface area contributed by atoms with E-state index in [0.717, 1.165) is 11.8 Å². The van der Waals surface area contributed by atoms with Crippen molar-refractivity contribution in [1.82, 2.24) is 14.5 Å². The Morgan fingerprint density at radius 3 is 2.57 bits per heavy atom. The number of H-pyrrole nitrogens is 1. The van der Waals surface area contributed by atoms with Gasteiger partial charge in [-0.15, -0.1) is 0 Å². The molecule has 234 valence electrons. The second kappa shape index (κ2) is 13.1. The van der Waals surface area contributed by atoms with Crippen molar-refractivity contribution in [3.8, 4) is 11.5 Å². The summed E-state index contributed by atoms with van der Waals surface area (Å²) in [6.07, 6.45) is 1.63. The molecule has 46 heavy (non-hydrogen) atoms. The lowest BCUT2D eigenvalue weighted by atomic mass is 9.93. The van der Waals surface area contributed by atoms with Gasteiger partial charge in [0, 0.05) is 23.4 Å². The van der Waals surface area contributed by atoms with E-state index in [4.69, 9.17) is 23.6 Å². The van der Waals surface area contributed by atoms with Gasteiger partial charge in [-0.2, -0.15) is 0 Å². The molecule has 0 amide bonds. The quantitative estimate of drug-likeness (QED) is 0.184. The fourth-order valence-corrected chi connectivity index (χ4v) is 6.86. The molecule has 11 nitrogen and oxygen atoms in total. The van der Waals surface area contributed by atoms with Crippen molar-refractivity contribution in [2.24, 2.45) is 4.99 Å². The van der Waals surface area contributed by atoms with Crippen molar-refractivity contribution in [3.05, 3.63) is 125 Å². The number of carbonyl (C=O) groups excluding carboxylic acids is 1. The van der Waals surface area contributed by atoms with Gasteiger partial charge in [-0.3, -0.25) is 14.2 Å². The van der Waals surface area contributed by atoms with Gasteiger partial charge in [-0.25, -0.2) is 14.8 Å². The molecule has 1 aliphatic heterocycles. The van der Waals surface area contributed by atoms with Crippen molar-refractivity contribution in [2.75, 3.05) is 20.8 Å². The van der Waals surface area contributed by atoms with Crippen LogP contribution in [0.3, 0.4) is 0 Å². The molecule has 5 aromatic rings. The Balaban J connectivity index is 1.53. The topological polar surface area (TPSA) is 138 Å². The first-order chi connectivity index (χ1) is 22.3. The van der Waals surface area contributed by atoms with Crippen LogP contribution in [0.2, 0.25) is 0 Å². The Morgan fingerprint density at radius 1 is 1.07 bits per heavy atom. The van der Waals surface area contributed by atoms with Crippen LogP contribution >= 0.6 is 23.1 Å². The Hall–Kier alpha value is -5.14. The summed E-state index contributed by atoms with van der Waals surface area (Å²) >= 11 is 2.33. The van der Waals surface area contributed by atoms with Gasteiger partial charge in [0.2, 0.25) is 0 Å². The highest BCUT2D eigenvalue weighted by atomic mass is 32.2. The first kappa shape index (κ1) is 30.9. The van der Waals surface area contributed by atoms with Crippen LogP contribution in [0.25, 0.3) is 11.8 Å². The summed E-state index contributed by atoms with van der Waals surface area (Å²) < 4.78 is 24.4. The van der Waals surface area contributed by atoms with Crippen LogP contribution in [-0.4, -0.2) is 41.3 Å². The predicted molar refractivity (Wildman–Crippen MR) is 173 cm³/mol. The summed E-state index contributed by atoms with van der Waals surface area (Å²) in [7, 11) is 3.06. The van der Waals surface area contributed by atoms with E-state index < -0.39 is 12.0 Å². The van der Waals surface area contributed by atoms with Crippen LogP contribution in [0.4, 0.5) is 0 Å². The van der Waals surface area contributed by atoms with Gasteiger partial charge in [0.25, 0.3) is 11.1 Å². The van der Waals surface area contributed by atoms with E-state index in [1.54, 1.807) is 50.3 Å². The first-order valence-corrected chi connectivity index (χ1v) is 15.8. The molecule has 6 rings (SSSR count). The van der Waals surface area contributed by atoms with Gasteiger partial charge in [0.15, 0.2) is 26.5 Å². The number of nitrogens with one attached hydrogen (secondary N) is 1. The van der Waals surface area contributed by atoms with Crippen molar-refractivity contribution in [2.45, 2.75) is 30.1 Å². The molecule has 0 fully saturated rings. The third-order valence-electron chi connectivity index (χ3n) is 7.02. The van der Waals surface area contributed by atoms with Gasteiger partial charge >= 0.3 is 5.97 Å². The lowest BCUT2D eigenvalue weighted by molar-refractivity contribution is -0.138. The molecule has 1 aliphatic rings. The van der Waals surface area contributed by atoms with Crippen LogP contribution in [0.5, 0.6) is 11.5 Å². The zero-order valence-electron chi connectivity index (χ0n) is 25.2. The van der Waals surface area contributed by atoms with Crippen molar-refractivity contribution in [3.63, 3.8) is 0 Å². The van der Waals surface area contributed by atoms with Crippen molar-refractivity contribution in [1.29, 1.82) is 0 Å². The fourth-order valence-electron chi connectivity index (χ4n) is 5.07. The molecule has 0 unspecified atom stereocenters. The molecule has 2 aromatic carbocycles. The maximum absolute atomic E-state index is 14.2. The number of nitrogens with zero attached hydrogens (tertiary/aromatic N) is 3. The standard InChI is InChI=1S/C33H28N4O7S2/c1-5-43-31(40)27-28(19-9-7-6-8-10-19)36-33-37(29(27)20-11-13-22(41-3)23(16-20)42-4)30(39)24(45-33)17-21-12-14-26(44-21)46-32-34-18(2)15-25(38)35-32/h6-17,29H,5H2,1-4H3,(H,34,35,38)/b24-17+/t29-/m1/s1. The van der Waals surface area contributed by atoms with Gasteiger partial charge < -0.3 is 23.6 Å². The maximum atomic E-state index is 14.2. The van der Waals surface area contributed by atoms with Crippen LogP contribution in [0.15, 0.2) is 102 Å². The molecule has 1 atom stereocenters. The van der Waals surface area contributed by atoms with Gasteiger partial charge in [0.1, 0.15) is 5.76 Å². The van der Waals surface area contributed by atoms with E-state index in [-0.39, 0.29) is 23.3 Å². The number of aryl methyl sites for hydroxylation is 1. The number of hydrogen-bond acceptors (Lipinski definition) is 11. The number of ether oxygens (including phenoxy) is 3. The number of esters is 1. The van der Waals surface area contributed by atoms with E-state index in [1.165, 1.54) is 36.2 Å². The number of aromatic amines is 1. The number of hydrogen-bond donors (Lipinski definition) is 1. The minimum absolute atomic E-state index is 0.137. The van der Waals surface area contributed by atoms with Gasteiger partial charge in [0.05, 0.1) is 42.7 Å². The number of methoxy groups -OCH3 is 2. The minimum atomic E-state index is -0.889. The fraction of sp³-hybridized carbons (Fsp3) is 0.182. The Kier molecular flexibility index (Phi) is 8.77. The number of carbonyl (C=O) groups is 1. The lowest BCUT2D eigenvalue weighted by Crippen LogP contribution is -2.40. The largest absolute Gasteiger partial charge is 0.493 e. The lowest BCUT2D eigenvalue weighted by Gasteiger charge is -2.26. The summed E-state index contributed by atoms with van der Waals surface area (Å²) in [6.45, 7) is 3.60. The number of rotatable bonds is 9. The van der Waals surface area contributed by atoms with Gasteiger partial charge in [-0.1, -0.05) is 47.7 Å². The van der Waals surface area contributed by atoms with E-state index in [2.05, 4.69) is 9.97 Å². The number of aromatic nitrogens is 3. The second-order valence-electron chi connectivity index (χ2n) is 10.00. The highest BCUT2D eigenvalue weighted by molar-refractivity contribution is 7.99. The third kappa shape index (κ3) is 6.06. The summed E-state index contributed by atoms with van der Waals surface area (Å²) in [6, 6.07) is 18.5. The van der Waals surface area contributed by atoms with Crippen molar-refractivity contribution < 1.29 is 23.4 Å². The zero-order valence-corrected chi connectivity index (χ0v) is 26.9. The monoisotopic (exact) mass is 656 g/mol. The summed E-state index contributed by atoms with van der Waals surface area (Å²) in [5, 5.41) is 0.868. The molecule has 3 aromatic heterocycles. The molecule has 0 spiro atoms. The van der Waals surface area contributed by atoms with Crippen LogP contribution in [-0.2, 0) is 9.53 Å². The molecule has 0 saturated heterocycles. The van der Waals surface area contributed by atoms with E-state index in [1.807, 2.05) is 30.3 Å². The second-order valence-corrected chi connectivity index (χ2v) is 12.0. The predicted octanol–water partition coefficient (Wildman–Crippen LogP) is 4.09. The zero-order chi connectivity index (χ0) is 32.4. The number of furan rings is 1. The molecule has 0 radical (unpaired) electrons. The van der Waals surface area contributed by atoms with E-state index >= 15 is 0 Å². The Bertz CT molecular complexity index is 2210. The van der Waals surface area contributed by atoms with Gasteiger partial charge in [-0.05, 0) is 55.4 Å². The molecule has 1 N–H and O–H groups in total. The molecule has 13 heteroatoms. The Labute approximate surface area is 270 Å². The highest BCUT2D eigenvalue weighted by Crippen LogP contribution is 2.38. The normalized spacial score (nSPS) is 14.5. The van der Waals surface area contributed by atoms with E-state index in [9.17, 15) is 14.4 Å². The van der Waals surface area contributed by atoms with Crippen LogP contribution in [0.1, 0.15) is 35.5 Å². The molecule has 4 heterocycles. The summed E-state index contributed by atoms with van der Waals surface area (Å²) in [5.74, 6) is 0.765. The number of thiazole rings is 1. The summed E-state index contributed by atoms with van der Waals surface area (Å²) in [5.41, 5.74) is 1.88. The average Bonchev–Trinajstić information content (AvgIpc) is 3.62. The molecule has 0 bridgehead atoms. The van der Waals surface area contributed by atoms with E-state index in [0.29, 0.717) is 59.4 Å². The average molecular weight is 657 g/mol. The van der Waals surface area contributed by atoms with Crippen LogP contribution in [0, 0.1) is 6.92 Å². The van der Waals surface area contributed by atoms with Crippen molar-refractivity contribution >= 4 is 40.8 Å². The molecular weight excluding hydrogens is 629 g/mol. The SMILES string of the molecule is CCOC(=O)C1=C(c2ccccc2)N=c2s/c(=C/c3ccc(Sc4nc(C)cc(=O)[nH]4)o3)c(=O)n2[C@@H]1c1ccc(OC)c(OC)c1. The smallest absolute Gasteiger partial charge is 0.338 e. The summed E-state index contributed by atoms with van der Waals surface area (Å²) in [4.78, 5) is 52.0. The minimum Gasteiger partial charge on any atom is -0.493 e. The molecule has 0 aliphatic carbocycles. The molecule has 0 saturated carbocycles. The maximum Gasteiger partial charge on any atom is 0.338 e. The van der Waals surface area contributed by atoms with Crippen LogP contribution < -0.4 is 29.9 Å².